The van der Waals surface area contributed by atoms with Crippen molar-refractivity contribution in [1.29, 1.82) is 0 Å². The van der Waals surface area contributed by atoms with Crippen molar-refractivity contribution < 1.29 is 34.1 Å². The Labute approximate surface area is 229 Å². The van der Waals surface area contributed by atoms with Crippen molar-refractivity contribution in [3.05, 3.63) is 48.6 Å². The highest BCUT2D eigenvalue weighted by atomic mass is 16.5. The van der Waals surface area contributed by atoms with Gasteiger partial charge in [-0.05, 0) is 24.8 Å². The smallest absolute Gasteiger partial charge is 0.310 e. The fraction of sp³-hybridized carbons (Fsp3) is 0.621. The zero-order valence-electron chi connectivity index (χ0n) is 22.7. The van der Waals surface area contributed by atoms with Crippen molar-refractivity contribution in [2.45, 2.75) is 43.6 Å². The Hall–Kier alpha value is -2.79. The molecule has 2 N–H and O–H groups in total. The molecule has 1 aromatic carbocycles. The van der Waals surface area contributed by atoms with E-state index in [1.165, 1.54) is 4.90 Å². The number of ether oxygens (including phenoxy) is 2. The third-order valence-corrected chi connectivity index (χ3v) is 9.40. The van der Waals surface area contributed by atoms with Crippen LogP contribution in [0.4, 0.5) is 0 Å². The predicted molar refractivity (Wildman–Crippen MR) is 142 cm³/mol. The Morgan fingerprint density at radius 1 is 1.26 bits per heavy atom. The summed E-state index contributed by atoms with van der Waals surface area (Å²) in [4.78, 5) is 46.8. The lowest BCUT2D eigenvalue weighted by molar-refractivity contribution is -0.160. The molecule has 0 aromatic heterocycles. The van der Waals surface area contributed by atoms with Crippen molar-refractivity contribution in [3.63, 3.8) is 0 Å². The third-order valence-electron chi connectivity index (χ3n) is 9.40. The quantitative estimate of drug-likeness (QED) is 0.424. The van der Waals surface area contributed by atoms with E-state index in [1.54, 1.807) is 30.0 Å². The van der Waals surface area contributed by atoms with E-state index in [0.29, 0.717) is 38.3 Å². The number of carboxylic acid groups (broad SMARTS) is 1. The van der Waals surface area contributed by atoms with Crippen LogP contribution in [-0.2, 0) is 23.9 Å². The van der Waals surface area contributed by atoms with Gasteiger partial charge in [0.25, 0.3) is 0 Å². The van der Waals surface area contributed by atoms with Crippen molar-refractivity contribution >= 4 is 17.8 Å². The molecule has 4 saturated heterocycles. The lowest BCUT2D eigenvalue weighted by Crippen LogP contribution is -2.58. The Kier molecular flexibility index (Phi) is 7.58. The first kappa shape index (κ1) is 27.8. The molecular weight excluding hydrogens is 502 g/mol. The van der Waals surface area contributed by atoms with Crippen LogP contribution in [0.5, 0.6) is 0 Å². The Balaban J connectivity index is 1.56. The van der Waals surface area contributed by atoms with Crippen LogP contribution in [0.2, 0.25) is 0 Å². The van der Waals surface area contributed by atoms with Crippen molar-refractivity contribution in [1.82, 2.24) is 14.7 Å². The number of benzene rings is 1. The summed E-state index contributed by atoms with van der Waals surface area (Å²) in [5.74, 6) is -4.16. The molecule has 39 heavy (non-hydrogen) atoms. The SMILES string of the molecule is C=CCN(CCN1CCOCC1)C(=O)C1N([C@H](CO)c2ccccc2)C(=O)[C@@H]2[C@H](C(=O)O)[C@@]3(C)OC12CC3C. The van der Waals surface area contributed by atoms with Crippen LogP contribution < -0.4 is 0 Å². The monoisotopic (exact) mass is 541 g/mol. The van der Waals surface area contributed by atoms with E-state index >= 15 is 0 Å². The molecule has 1 aromatic rings. The maximum Gasteiger partial charge on any atom is 0.310 e. The summed E-state index contributed by atoms with van der Waals surface area (Å²) >= 11 is 0. The Morgan fingerprint density at radius 2 is 1.95 bits per heavy atom. The van der Waals surface area contributed by atoms with Gasteiger partial charge in [0.1, 0.15) is 17.6 Å². The lowest BCUT2D eigenvalue weighted by atomic mass is 9.62. The van der Waals surface area contributed by atoms with Crippen LogP contribution in [0.25, 0.3) is 0 Å². The number of aliphatic carboxylic acids is 1. The second kappa shape index (κ2) is 10.6. The van der Waals surface area contributed by atoms with Gasteiger partial charge in [0.05, 0.1) is 37.4 Å². The third kappa shape index (κ3) is 4.38. The maximum atomic E-state index is 14.6. The highest BCUT2D eigenvalue weighted by molar-refractivity contribution is 5.98. The van der Waals surface area contributed by atoms with Gasteiger partial charge in [-0.25, -0.2) is 0 Å². The maximum absolute atomic E-state index is 14.6. The predicted octanol–water partition coefficient (Wildman–Crippen LogP) is 1.16. The van der Waals surface area contributed by atoms with Gasteiger partial charge in [-0.1, -0.05) is 43.3 Å². The number of aliphatic hydroxyl groups is 1. The van der Waals surface area contributed by atoms with Gasteiger partial charge < -0.3 is 29.5 Å². The van der Waals surface area contributed by atoms with Gasteiger partial charge >= 0.3 is 5.97 Å². The molecule has 10 heteroatoms. The molecule has 5 rings (SSSR count). The molecule has 0 saturated carbocycles. The van der Waals surface area contributed by atoms with Crippen LogP contribution >= 0.6 is 0 Å². The number of fused-ring (bicyclic) bond motifs is 1. The number of hydrogen-bond donors (Lipinski definition) is 2. The highest BCUT2D eigenvalue weighted by Gasteiger charge is 2.80. The summed E-state index contributed by atoms with van der Waals surface area (Å²) in [6.07, 6.45) is 2.04. The van der Waals surface area contributed by atoms with Crippen molar-refractivity contribution in [2.24, 2.45) is 17.8 Å². The number of nitrogens with zero attached hydrogens (tertiary/aromatic N) is 3. The molecule has 1 spiro atoms. The summed E-state index contributed by atoms with van der Waals surface area (Å²) in [5.41, 5.74) is -1.70. The molecule has 0 radical (unpaired) electrons. The number of amides is 2. The zero-order valence-corrected chi connectivity index (χ0v) is 22.7. The minimum Gasteiger partial charge on any atom is -0.481 e. The molecule has 0 aliphatic carbocycles. The molecular formula is C29H39N3O7. The molecule has 7 atom stereocenters. The molecule has 4 aliphatic heterocycles. The minimum absolute atomic E-state index is 0.177. The van der Waals surface area contributed by atoms with Gasteiger partial charge in [0.15, 0.2) is 0 Å². The number of aliphatic hydroxyl groups excluding tert-OH is 1. The van der Waals surface area contributed by atoms with E-state index < -0.39 is 53.6 Å². The summed E-state index contributed by atoms with van der Waals surface area (Å²) in [6.45, 7) is 11.3. The van der Waals surface area contributed by atoms with Gasteiger partial charge in [0.2, 0.25) is 11.8 Å². The number of likely N-dealkylation sites (tertiary alicyclic amines) is 1. The Morgan fingerprint density at radius 3 is 2.56 bits per heavy atom. The first-order valence-corrected chi connectivity index (χ1v) is 13.8. The largest absolute Gasteiger partial charge is 0.481 e. The summed E-state index contributed by atoms with van der Waals surface area (Å²) in [6, 6.07) is 7.17. The highest BCUT2D eigenvalue weighted by Crippen LogP contribution is 2.66. The van der Waals surface area contributed by atoms with Crippen LogP contribution in [0.15, 0.2) is 43.0 Å². The lowest BCUT2D eigenvalue weighted by Gasteiger charge is -2.40. The molecule has 4 aliphatic rings. The first-order valence-electron chi connectivity index (χ1n) is 13.8. The van der Waals surface area contributed by atoms with E-state index in [-0.39, 0.29) is 18.4 Å². The molecule has 2 amide bonds. The van der Waals surface area contributed by atoms with E-state index in [0.717, 1.165) is 13.1 Å². The van der Waals surface area contributed by atoms with Crippen LogP contribution in [0.3, 0.4) is 0 Å². The first-order chi connectivity index (χ1) is 18.7. The summed E-state index contributed by atoms with van der Waals surface area (Å²) in [5, 5.41) is 20.9. The van der Waals surface area contributed by atoms with Crippen LogP contribution in [0, 0.1) is 17.8 Å². The van der Waals surface area contributed by atoms with E-state index in [9.17, 15) is 24.6 Å². The van der Waals surface area contributed by atoms with E-state index in [2.05, 4.69) is 11.5 Å². The second-order valence-electron chi connectivity index (χ2n) is 11.4. The average Bonchev–Trinajstić information content (AvgIpc) is 3.45. The number of carboxylic acids is 1. The molecule has 2 bridgehead atoms. The summed E-state index contributed by atoms with van der Waals surface area (Å²) < 4.78 is 12.1. The molecule has 212 valence electrons. The molecule has 3 unspecified atom stereocenters. The number of rotatable bonds is 10. The van der Waals surface area contributed by atoms with Crippen molar-refractivity contribution in [2.75, 3.05) is 52.5 Å². The topological polar surface area (TPSA) is 120 Å². The van der Waals surface area contributed by atoms with Crippen molar-refractivity contribution in [3.8, 4) is 0 Å². The fourth-order valence-corrected chi connectivity index (χ4v) is 7.40. The Bertz CT molecular complexity index is 1110. The number of carbonyl (C=O) groups is 3. The van der Waals surface area contributed by atoms with E-state index in [4.69, 9.17) is 9.47 Å². The number of hydrogen-bond acceptors (Lipinski definition) is 7. The van der Waals surface area contributed by atoms with Gasteiger partial charge in [-0.15, -0.1) is 6.58 Å². The van der Waals surface area contributed by atoms with Gasteiger partial charge in [0, 0.05) is 32.7 Å². The normalized spacial score (nSPS) is 34.6. The molecule has 4 heterocycles. The summed E-state index contributed by atoms with van der Waals surface area (Å²) in [7, 11) is 0. The van der Waals surface area contributed by atoms with Gasteiger partial charge in [-0.3, -0.25) is 19.3 Å². The molecule has 4 fully saturated rings. The van der Waals surface area contributed by atoms with Crippen LogP contribution in [-0.4, -0.2) is 112 Å². The van der Waals surface area contributed by atoms with Gasteiger partial charge in [-0.2, -0.15) is 0 Å². The minimum atomic E-state index is -1.30. The van der Waals surface area contributed by atoms with Crippen LogP contribution in [0.1, 0.15) is 31.9 Å². The number of morpholine rings is 1. The zero-order chi connectivity index (χ0) is 27.9. The standard InChI is InChI=1S/C29H39N3O7/c1-4-10-31(12-11-30-13-15-38-16-14-30)26(35)24-29-17-19(2)28(3,39-29)23(27(36)37)22(29)25(34)32(24)21(18-33)20-8-6-5-7-9-20/h4-9,19,21-24,33H,1,10-18H2,2-3H3,(H,36,37)/t19?,21-,22+,23-,24?,28+,29?/m1/s1. The van der Waals surface area contributed by atoms with E-state index in [1.807, 2.05) is 25.1 Å². The fourth-order valence-electron chi connectivity index (χ4n) is 7.40. The second-order valence-corrected chi connectivity index (χ2v) is 11.4. The average molecular weight is 542 g/mol. The molecule has 10 nitrogen and oxygen atoms in total. The number of carbonyl (C=O) groups excluding carboxylic acids is 2.